The summed E-state index contributed by atoms with van der Waals surface area (Å²) in [6.45, 7) is 9.69. The lowest BCUT2D eigenvalue weighted by Gasteiger charge is -2.35. The lowest BCUT2D eigenvalue weighted by molar-refractivity contribution is -0.151. The summed E-state index contributed by atoms with van der Waals surface area (Å²) in [4.78, 5) is 37.8. The minimum atomic E-state index is -0.941. The molecule has 0 spiro atoms. The van der Waals surface area contributed by atoms with E-state index < -0.39 is 30.1 Å². The number of hydrogen-bond donors (Lipinski definition) is 2. The summed E-state index contributed by atoms with van der Waals surface area (Å²) in [5, 5.41) is 12.5. The number of nitrogens with zero attached hydrogens (tertiary/aromatic N) is 1. The van der Waals surface area contributed by atoms with Crippen LogP contribution in [-0.4, -0.2) is 58.6 Å². The number of nitrogens with one attached hydrogen (secondary N) is 1. The van der Waals surface area contributed by atoms with Crippen LogP contribution in [0.2, 0.25) is 0 Å². The van der Waals surface area contributed by atoms with Crippen LogP contribution >= 0.6 is 0 Å². The molecule has 2 fully saturated rings. The van der Waals surface area contributed by atoms with Crippen molar-refractivity contribution in [3.8, 4) is 0 Å². The SMILES string of the molecule is CCCC.CCOC(=O)[C@@H](C)N[C@H](C)C(=O)N1[C@H](C(=O)O)C[C@@H]2CCCC[C@@H]21. The molecule has 5 atom stereocenters. The van der Waals surface area contributed by atoms with Crippen LogP contribution in [0.4, 0.5) is 0 Å². The first-order chi connectivity index (χ1) is 13.3. The van der Waals surface area contributed by atoms with E-state index in [9.17, 15) is 19.5 Å². The number of carbonyl (C=O) groups excluding carboxylic acids is 2. The lowest BCUT2D eigenvalue weighted by Crippen LogP contribution is -2.55. The van der Waals surface area contributed by atoms with E-state index in [1.54, 1.807) is 25.7 Å². The van der Waals surface area contributed by atoms with Gasteiger partial charge in [0.15, 0.2) is 0 Å². The highest BCUT2D eigenvalue weighted by Gasteiger charge is 2.48. The molecule has 1 saturated heterocycles. The summed E-state index contributed by atoms with van der Waals surface area (Å²) in [7, 11) is 0. The van der Waals surface area contributed by atoms with Crippen molar-refractivity contribution < 1.29 is 24.2 Å². The summed E-state index contributed by atoms with van der Waals surface area (Å²) >= 11 is 0. The summed E-state index contributed by atoms with van der Waals surface area (Å²) in [6.07, 6.45) is 7.15. The van der Waals surface area contributed by atoms with E-state index in [1.165, 1.54) is 12.8 Å². The van der Waals surface area contributed by atoms with Crippen molar-refractivity contribution >= 4 is 17.8 Å². The maximum absolute atomic E-state index is 12.9. The Bertz CT molecular complexity index is 523. The van der Waals surface area contributed by atoms with Gasteiger partial charge in [-0.25, -0.2) is 4.79 Å². The van der Waals surface area contributed by atoms with Crippen LogP contribution in [0.1, 0.15) is 79.6 Å². The molecule has 1 amide bonds. The number of likely N-dealkylation sites (tertiary alicyclic amines) is 1. The number of unbranched alkanes of at least 4 members (excludes halogenated alkanes) is 1. The zero-order valence-corrected chi connectivity index (χ0v) is 18.1. The van der Waals surface area contributed by atoms with Crippen molar-refractivity contribution in [3.05, 3.63) is 0 Å². The number of rotatable bonds is 7. The van der Waals surface area contributed by atoms with E-state index >= 15 is 0 Å². The molecular formula is C21H38N2O5. The topological polar surface area (TPSA) is 95.9 Å². The molecule has 162 valence electrons. The van der Waals surface area contributed by atoms with Crippen LogP contribution in [0.25, 0.3) is 0 Å². The molecule has 7 heteroatoms. The normalized spacial score (nSPS) is 25.8. The second-order valence-electron chi connectivity index (χ2n) is 7.81. The summed E-state index contributed by atoms with van der Waals surface area (Å²) in [5.74, 6) is -1.32. The van der Waals surface area contributed by atoms with Gasteiger partial charge >= 0.3 is 11.9 Å². The van der Waals surface area contributed by atoms with E-state index in [0.29, 0.717) is 6.42 Å². The van der Waals surface area contributed by atoms with Crippen molar-refractivity contribution in [2.75, 3.05) is 6.61 Å². The Morgan fingerprint density at radius 3 is 2.21 bits per heavy atom. The van der Waals surface area contributed by atoms with E-state index in [2.05, 4.69) is 19.2 Å². The number of hydrogen-bond acceptors (Lipinski definition) is 5. The molecule has 0 unspecified atom stereocenters. The highest BCUT2D eigenvalue weighted by molar-refractivity contribution is 5.88. The molecular weight excluding hydrogens is 360 g/mol. The summed E-state index contributed by atoms with van der Waals surface area (Å²) in [6, 6.07) is -1.99. The van der Waals surface area contributed by atoms with Crippen LogP contribution < -0.4 is 5.32 Å². The first-order valence-corrected chi connectivity index (χ1v) is 10.8. The minimum absolute atomic E-state index is 0.00880. The average Bonchev–Trinajstić information content (AvgIpc) is 3.07. The van der Waals surface area contributed by atoms with Gasteiger partial charge in [0.25, 0.3) is 0 Å². The Hall–Kier alpha value is -1.63. The molecule has 1 aliphatic heterocycles. The number of carboxylic acid groups (broad SMARTS) is 1. The number of ether oxygens (including phenoxy) is 1. The molecule has 0 aromatic heterocycles. The van der Waals surface area contributed by atoms with Gasteiger partial charge in [-0.15, -0.1) is 0 Å². The van der Waals surface area contributed by atoms with Crippen LogP contribution in [0.5, 0.6) is 0 Å². The molecule has 0 aromatic carbocycles. The van der Waals surface area contributed by atoms with Crippen LogP contribution in [0.3, 0.4) is 0 Å². The van der Waals surface area contributed by atoms with Gasteiger partial charge in [0, 0.05) is 6.04 Å². The molecule has 1 saturated carbocycles. The number of fused-ring (bicyclic) bond motifs is 1. The minimum Gasteiger partial charge on any atom is -0.480 e. The fourth-order valence-electron chi connectivity index (χ4n) is 4.00. The highest BCUT2D eigenvalue weighted by atomic mass is 16.5. The number of aliphatic carboxylic acids is 1. The monoisotopic (exact) mass is 398 g/mol. The first kappa shape index (κ1) is 24.4. The van der Waals surface area contributed by atoms with Gasteiger partial charge in [-0.3, -0.25) is 14.9 Å². The fraction of sp³-hybridized carbons (Fsp3) is 0.857. The number of esters is 1. The Labute approximate surface area is 169 Å². The third-order valence-electron chi connectivity index (χ3n) is 5.64. The molecule has 0 radical (unpaired) electrons. The van der Waals surface area contributed by atoms with E-state index in [1.807, 2.05) is 0 Å². The summed E-state index contributed by atoms with van der Waals surface area (Å²) < 4.78 is 4.93. The maximum atomic E-state index is 12.9. The van der Waals surface area contributed by atoms with Crippen LogP contribution in [0, 0.1) is 5.92 Å². The molecule has 0 bridgehead atoms. The van der Waals surface area contributed by atoms with Crippen LogP contribution in [0.15, 0.2) is 0 Å². The Morgan fingerprint density at radius 2 is 1.68 bits per heavy atom. The van der Waals surface area contributed by atoms with Crippen molar-refractivity contribution in [2.45, 2.75) is 104 Å². The van der Waals surface area contributed by atoms with Crippen molar-refractivity contribution in [1.82, 2.24) is 10.2 Å². The van der Waals surface area contributed by atoms with Gasteiger partial charge in [-0.2, -0.15) is 0 Å². The summed E-state index contributed by atoms with van der Waals surface area (Å²) in [5.41, 5.74) is 0. The molecule has 2 rings (SSSR count). The van der Waals surface area contributed by atoms with E-state index in [-0.39, 0.29) is 24.5 Å². The molecule has 28 heavy (non-hydrogen) atoms. The van der Waals surface area contributed by atoms with Gasteiger partial charge in [-0.05, 0) is 46.0 Å². The van der Waals surface area contributed by atoms with Crippen molar-refractivity contribution in [3.63, 3.8) is 0 Å². The first-order valence-electron chi connectivity index (χ1n) is 10.8. The van der Waals surface area contributed by atoms with E-state index in [0.717, 1.165) is 25.7 Å². The molecule has 7 nitrogen and oxygen atoms in total. The van der Waals surface area contributed by atoms with E-state index in [4.69, 9.17) is 4.74 Å². The smallest absolute Gasteiger partial charge is 0.326 e. The van der Waals surface area contributed by atoms with Crippen molar-refractivity contribution in [2.24, 2.45) is 5.92 Å². The Morgan fingerprint density at radius 1 is 1.07 bits per heavy atom. The third-order valence-corrected chi connectivity index (χ3v) is 5.64. The standard InChI is InChI=1S/C17H28N2O5.C4H10/c1-4-24-17(23)11(3)18-10(2)15(20)19-13-8-6-5-7-12(13)9-14(19)16(21)22;1-3-4-2/h10-14,18H,4-9H2,1-3H3,(H,21,22);3-4H2,1-2H3/t10-,11-,12+,13+,14+;/m1./s1. The van der Waals surface area contributed by atoms with Crippen molar-refractivity contribution in [1.29, 1.82) is 0 Å². The third kappa shape index (κ3) is 6.47. The predicted octanol–water partition coefficient (Wildman–Crippen LogP) is 2.97. The van der Waals surface area contributed by atoms with Gasteiger partial charge < -0.3 is 14.7 Å². The molecule has 2 aliphatic rings. The maximum Gasteiger partial charge on any atom is 0.326 e. The quantitative estimate of drug-likeness (QED) is 0.640. The van der Waals surface area contributed by atoms with Gasteiger partial charge in [-0.1, -0.05) is 39.5 Å². The molecule has 1 heterocycles. The predicted molar refractivity (Wildman–Crippen MR) is 108 cm³/mol. The van der Waals surface area contributed by atoms with Gasteiger partial charge in [0.05, 0.1) is 12.6 Å². The largest absolute Gasteiger partial charge is 0.480 e. The van der Waals surface area contributed by atoms with Gasteiger partial charge in [0.1, 0.15) is 12.1 Å². The fourth-order valence-corrected chi connectivity index (χ4v) is 4.00. The lowest BCUT2D eigenvalue weighted by atomic mass is 9.84. The second kappa shape index (κ2) is 12.0. The van der Waals surface area contributed by atoms with Gasteiger partial charge in [0.2, 0.25) is 5.91 Å². The molecule has 0 aromatic rings. The average molecular weight is 399 g/mol. The second-order valence-corrected chi connectivity index (χ2v) is 7.81. The number of carbonyl (C=O) groups is 3. The Balaban J connectivity index is 0.000000892. The highest BCUT2D eigenvalue weighted by Crippen LogP contribution is 2.40. The Kier molecular flexibility index (Phi) is 10.5. The zero-order chi connectivity index (χ0) is 21.3. The molecule has 2 N–H and O–H groups in total. The van der Waals surface area contributed by atoms with Crippen LogP contribution in [-0.2, 0) is 19.1 Å². The number of amides is 1. The molecule has 1 aliphatic carbocycles. The zero-order valence-electron chi connectivity index (χ0n) is 18.1. The number of carboxylic acids is 1.